The summed E-state index contributed by atoms with van der Waals surface area (Å²) < 4.78 is 6.63. The van der Waals surface area contributed by atoms with Crippen molar-refractivity contribution in [2.45, 2.75) is 17.2 Å². The first-order chi connectivity index (χ1) is 17.7. The standard InChI is InChI=1S/C29H31N3O2S2.ClH/c1-35-24-12-13-26-27(20-24)36-29(30-26)32(15-14-31-16-18-34-19-17-31)28(33)21-25(22-8-4-2-5-9-22)23-10-6-3-7-11-23;/h2-13,20,25H,14-19,21H2,1H3;1H. The van der Waals surface area contributed by atoms with Gasteiger partial charge in [-0.25, -0.2) is 4.98 Å². The van der Waals surface area contributed by atoms with Crippen LogP contribution in [0.3, 0.4) is 0 Å². The minimum Gasteiger partial charge on any atom is -0.379 e. The van der Waals surface area contributed by atoms with Crippen LogP contribution in [0.1, 0.15) is 23.5 Å². The second kappa shape index (κ2) is 13.4. The number of fused-ring (bicyclic) bond motifs is 1. The van der Waals surface area contributed by atoms with E-state index in [1.54, 1.807) is 23.1 Å². The van der Waals surface area contributed by atoms with Gasteiger partial charge in [-0.15, -0.1) is 24.2 Å². The number of benzene rings is 3. The highest BCUT2D eigenvalue weighted by molar-refractivity contribution is 7.98. The van der Waals surface area contributed by atoms with E-state index in [4.69, 9.17) is 9.72 Å². The number of hydrogen-bond donors (Lipinski definition) is 0. The van der Waals surface area contributed by atoms with Crippen LogP contribution in [0.2, 0.25) is 0 Å². The summed E-state index contributed by atoms with van der Waals surface area (Å²) >= 11 is 3.33. The lowest BCUT2D eigenvalue weighted by atomic mass is 9.88. The lowest BCUT2D eigenvalue weighted by Crippen LogP contribution is -2.43. The van der Waals surface area contributed by atoms with Gasteiger partial charge >= 0.3 is 0 Å². The van der Waals surface area contributed by atoms with Gasteiger partial charge in [0.2, 0.25) is 5.91 Å². The van der Waals surface area contributed by atoms with Crippen LogP contribution in [0.4, 0.5) is 5.13 Å². The number of ether oxygens (including phenoxy) is 1. The Balaban J connectivity index is 0.00000320. The van der Waals surface area contributed by atoms with Crippen LogP contribution in [0.25, 0.3) is 10.2 Å². The van der Waals surface area contributed by atoms with Gasteiger partial charge in [-0.2, -0.15) is 0 Å². The van der Waals surface area contributed by atoms with Gasteiger partial charge in [-0.05, 0) is 35.6 Å². The summed E-state index contributed by atoms with van der Waals surface area (Å²) in [5.74, 6) is 0.0911. The lowest BCUT2D eigenvalue weighted by molar-refractivity contribution is -0.118. The van der Waals surface area contributed by atoms with Crippen molar-refractivity contribution in [3.05, 3.63) is 90.0 Å². The smallest absolute Gasteiger partial charge is 0.229 e. The Kier molecular flexibility index (Phi) is 10.00. The summed E-state index contributed by atoms with van der Waals surface area (Å²) in [4.78, 5) is 24.4. The third-order valence-electron chi connectivity index (χ3n) is 6.64. The summed E-state index contributed by atoms with van der Waals surface area (Å²) in [7, 11) is 0. The molecular weight excluding hydrogens is 522 g/mol. The van der Waals surface area contributed by atoms with Crippen LogP contribution < -0.4 is 4.90 Å². The molecule has 1 aliphatic heterocycles. The van der Waals surface area contributed by atoms with E-state index in [-0.39, 0.29) is 24.2 Å². The van der Waals surface area contributed by atoms with Crippen molar-refractivity contribution in [3.8, 4) is 0 Å². The van der Waals surface area contributed by atoms with E-state index in [0.717, 1.165) is 59.3 Å². The van der Waals surface area contributed by atoms with Gasteiger partial charge in [-0.3, -0.25) is 14.6 Å². The molecule has 0 unspecified atom stereocenters. The highest BCUT2D eigenvalue weighted by atomic mass is 35.5. The van der Waals surface area contributed by atoms with Crippen molar-refractivity contribution >= 4 is 56.8 Å². The maximum Gasteiger partial charge on any atom is 0.229 e. The van der Waals surface area contributed by atoms with E-state index < -0.39 is 0 Å². The summed E-state index contributed by atoms with van der Waals surface area (Å²) in [6, 6.07) is 27.0. The van der Waals surface area contributed by atoms with Crippen LogP contribution in [-0.4, -0.2) is 61.4 Å². The second-order valence-corrected chi connectivity index (χ2v) is 10.8. The van der Waals surface area contributed by atoms with Crippen molar-refractivity contribution in [1.29, 1.82) is 0 Å². The average molecular weight is 554 g/mol. The number of amides is 1. The largest absolute Gasteiger partial charge is 0.379 e. The first-order valence-electron chi connectivity index (χ1n) is 12.4. The molecular formula is C29H32ClN3O2S2. The molecule has 37 heavy (non-hydrogen) atoms. The van der Waals surface area contributed by atoms with Crippen molar-refractivity contribution in [2.24, 2.45) is 0 Å². The van der Waals surface area contributed by atoms with Crippen molar-refractivity contribution in [1.82, 2.24) is 9.88 Å². The number of aromatic nitrogens is 1. The van der Waals surface area contributed by atoms with Crippen LogP contribution in [-0.2, 0) is 9.53 Å². The zero-order valence-corrected chi connectivity index (χ0v) is 23.4. The van der Waals surface area contributed by atoms with E-state index in [9.17, 15) is 4.79 Å². The van der Waals surface area contributed by atoms with E-state index in [1.807, 2.05) is 41.3 Å². The third kappa shape index (κ3) is 6.92. The molecule has 1 fully saturated rings. The Morgan fingerprint density at radius 3 is 2.30 bits per heavy atom. The number of carbonyl (C=O) groups is 1. The molecule has 0 bridgehead atoms. The molecule has 1 aromatic heterocycles. The Morgan fingerprint density at radius 2 is 1.68 bits per heavy atom. The number of anilines is 1. The number of nitrogens with zero attached hydrogens (tertiary/aromatic N) is 3. The highest BCUT2D eigenvalue weighted by Gasteiger charge is 2.26. The molecule has 0 N–H and O–H groups in total. The fraction of sp³-hybridized carbons (Fsp3) is 0.310. The van der Waals surface area contributed by atoms with Gasteiger partial charge in [0.25, 0.3) is 0 Å². The maximum absolute atomic E-state index is 14.0. The molecule has 2 heterocycles. The molecule has 194 valence electrons. The van der Waals surface area contributed by atoms with Crippen molar-refractivity contribution < 1.29 is 9.53 Å². The number of rotatable bonds is 9. The molecule has 0 radical (unpaired) electrons. The average Bonchev–Trinajstić information content (AvgIpc) is 3.36. The molecule has 8 heteroatoms. The Bertz CT molecular complexity index is 1240. The molecule has 1 amide bonds. The number of halogens is 1. The second-order valence-electron chi connectivity index (χ2n) is 8.91. The Morgan fingerprint density at radius 1 is 1.03 bits per heavy atom. The fourth-order valence-electron chi connectivity index (χ4n) is 4.61. The van der Waals surface area contributed by atoms with Gasteiger partial charge < -0.3 is 4.74 Å². The monoisotopic (exact) mass is 553 g/mol. The minimum absolute atomic E-state index is 0. The normalized spacial score (nSPS) is 14.0. The molecule has 1 aliphatic rings. The predicted octanol–water partition coefficient (Wildman–Crippen LogP) is 6.33. The van der Waals surface area contributed by atoms with E-state index in [0.29, 0.717) is 13.0 Å². The fourth-order valence-corrected chi connectivity index (χ4v) is 6.17. The first-order valence-corrected chi connectivity index (χ1v) is 14.4. The van der Waals surface area contributed by atoms with Gasteiger partial charge in [0.15, 0.2) is 5.13 Å². The SMILES string of the molecule is CSc1ccc2nc(N(CCN3CCOCC3)C(=O)CC(c3ccccc3)c3ccccc3)sc2c1.Cl. The molecule has 5 rings (SSSR count). The Hall–Kier alpha value is -2.42. The zero-order chi connectivity index (χ0) is 24.7. The Labute approximate surface area is 233 Å². The van der Waals surface area contributed by atoms with Gasteiger partial charge in [-0.1, -0.05) is 72.0 Å². The first kappa shape index (κ1) is 27.6. The highest BCUT2D eigenvalue weighted by Crippen LogP contribution is 2.34. The molecule has 1 saturated heterocycles. The number of morpholine rings is 1. The van der Waals surface area contributed by atoms with E-state index in [1.165, 1.54) is 4.90 Å². The zero-order valence-electron chi connectivity index (χ0n) is 20.9. The molecule has 3 aromatic carbocycles. The van der Waals surface area contributed by atoms with E-state index in [2.05, 4.69) is 53.6 Å². The lowest BCUT2D eigenvalue weighted by Gasteiger charge is -2.30. The van der Waals surface area contributed by atoms with Crippen LogP contribution in [0.5, 0.6) is 0 Å². The maximum atomic E-state index is 14.0. The quantitative estimate of drug-likeness (QED) is 0.227. The topological polar surface area (TPSA) is 45.7 Å². The molecule has 0 spiro atoms. The molecule has 4 aromatic rings. The number of carbonyl (C=O) groups excluding carboxylic acids is 1. The minimum atomic E-state index is -0.0109. The molecule has 0 aliphatic carbocycles. The third-order valence-corrected chi connectivity index (χ3v) is 8.41. The number of hydrogen-bond acceptors (Lipinski definition) is 6. The van der Waals surface area contributed by atoms with Gasteiger partial charge in [0, 0.05) is 43.4 Å². The number of thioether (sulfide) groups is 1. The number of thiazole rings is 1. The summed E-state index contributed by atoms with van der Waals surface area (Å²) in [5.41, 5.74) is 3.25. The van der Waals surface area contributed by atoms with Crippen LogP contribution >= 0.6 is 35.5 Å². The predicted molar refractivity (Wildman–Crippen MR) is 158 cm³/mol. The molecule has 0 atom stereocenters. The summed E-state index contributed by atoms with van der Waals surface area (Å²) in [6.45, 7) is 4.71. The summed E-state index contributed by atoms with van der Waals surface area (Å²) in [5, 5.41) is 0.779. The molecule has 5 nitrogen and oxygen atoms in total. The van der Waals surface area contributed by atoms with Gasteiger partial charge in [0.1, 0.15) is 0 Å². The van der Waals surface area contributed by atoms with Crippen molar-refractivity contribution in [3.63, 3.8) is 0 Å². The van der Waals surface area contributed by atoms with Crippen molar-refractivity contribution in [2.75, 3.05) is 50.5 Å². The van der Waals surface area contributed by atoms with E-state index >= 15 is 0 Å². The van der Waals surface area contributed by atoms with Crippen LogP contribution in [0.15, 0.2) is 83.8 Å². The molecule has 0 saturated carbocycles. The summed E-state index contributed by atoms with van der Waals surface area (Å²) in [6.07, 6.45) is 2.47. The van der Waals surface area contributed by atoms with Gasteiger partial charge in [0.05, 0.1) is 23.4 Å². The van der Waals surface area contributed by atoms with Crippen LogP contribution in [0, 0.1) is 0 Å².